The summed E-state index contributed by atoms with van der Waals surface area (Å²) in [6, 6.07) is 4.65. The lowest BCUT2D eigenvalue weighted by molar-refractivity contribution is 0.151. The van der Waals surface area contributed by atoms with Crippen molar-refractivity contribution in [2.24, 2.45) is 0 Å². The summed E-state index contributed by atoms with van der Waals surface area (Å²) in [6.45, 7) is 4.63. The third kappa shape index (κ3) is 3.17. The van der Waals surface area contributed by atoms with Crippen molar-refractivity contribution >= 4 is 0 Å². The molecule has 100 valence electrons. The highest BCUT2D eigenvalue weighted by molar-refractivity contribution is 5.38. The molecule has 0 amide bonds. The van der Waals surface area contributed by atoms with E-state index in [9.17, 15) is 8.78 Å². The van der Waals surface area contributed by atoms with E-state index in [-0.39, 0.29) is 5.56 Å². The van der Waals surface area contributed by atoms with Gasteiger partial charge in [0.05, 0.1) is 7.11 Å². The number of alkyl halides is 2. The number of methoxy groups -OCH3 is 1. The second-order valence-electron chi connectivity index (χ2n) is 4.40. The second kappa shape index (κ2) is 6.11. The maximum atomic E-state index is 12.6. The standard InChI is InChI=1S/C13H18F2N2O/c1-18-12-8-10(13(14)15)2-3-11(12)9-17-6-4-16-5-7-17/h2-3,8,13,16H,4-7,9H2,1H3. The van der Waals surface area contributed by atoms with Gasteiger partial charge in [0.15, 0.2) is 0 Å². The molecule has 0 saturated carbocycles. The number of halogens is 2. The van der Waals surface area contributed by atoms with Gasteiger partial charge in [0.25, 0.3) is 6.43 Å². The SMILES string of the molecule is COc1cc(C(F)F)ccc1CN1CCNCC1. The molecule has 3 nitrogen and oxygen atoms in total. The molecule has 0 atom stereocenters. The monoisotopic (exact) mass is 256 g/mol. The fourth-order valence-corrected chi connectivity index (χ4v) is 2.14. The molecule has 18 heavy (non-hydrogen) atoms. The van der Waals surface area contributed by atoms with Gasteiger partial charge in [-0.25, -0.2) is 8.78 Å². The third-order valence-corrected chi connectivity index (χ3v) is 3.17. The Labute approximate surface area is 106 Å². The maximum absolute atomic E-state index is 12.6. The van der Waals surface area contributed by atoms with Crippen LogP contribution in [0.1, 0.15) is 17.6 Å². The molecule has 1 fully saturated rings. The molecule has 0 radical (unpaired) electrons. The molecule has 1 aliphatic heterocycles. The highest BCUT2D eigenvalue weighted by atomic mass is 19.3. The average Bonchev–Trinajstić information content (AvgIpc) is 2.40. The molecular formula is C13H18F2N2O. The molecular weight excluding hydrogens is 238 g/mol. The van der Waals surface area contributed by atoms with Gasteiger partial charge < -0.3 is 10.1 Å². The zero-order valence-corrected chi connectivity index (χ0v) is 10.5. The molecule has 2 rings (SSSR count). The van der Waals surface area contributed by atoms with Gasteiger partial charge in [-0.3, -0.25) is 4.90 Å². The smallest absolute Gasteiger partial charge is 0.263 e. The lowest BCUT2D eigenvalue weighted by atomic mass is 10.1. The molecule has 1 aliphatic rings. The first kappa shape index (κ1) is 13.2. The van der Waals surface area contributed by atoms with Crippen LogP contribution in [0.5, 0.6) is 5.75 Å². The summed E-state index contributed by atoms with van der Waals surface area (Å²) < 4.78 is 30.4. The zero-order valence-electron chi connectivity index (χ0n) is 10.5. The number of ether oxygens (including phenoxy) is 1. The van der Waals surface area contributed by atoms with Crippen molar-refractivity contribution in [3.8, 4) is 5.75 Å². The van der Waals surface area contributed by atoms with Crippen LogP contribution in [0, 0.1) is 0 Å². The quantitative estimate of drug-likeness (QED) is 0.892. The van der Waals surface area contributed by atoms with Gasteiger partial charge in [0, 0.05) is 43.9 Å². The van der Waals surface area contributed by atoms with Crippen LogP contribution in [-0.4, -0.2) is 38.2 Å². The Balaban J connectivity index is 2.11. The van der Waals surface area contributed by atoms with Gasteiger partial charge in [-0.15, -0.1) is 0 Å². The molecule has 0 bridgehead atoms. The lowest BCUT2D eigenvalue weighted by Gasteiger charge is -2.27. The molecule has 1 aromatic rings. The second-order valence-corrected chi connectivity index (χ2v) is 4.40. The molecule has 5 heteroatoms. The van der Waals surface area contributed by atoms with Gasteiger partial charge in [0.1, 0.15) is 5.75 Å². The molecule has 1 aromatic carbocycles. The van der Waals surface area contributed by atoms with Crippen LogP contribution >= 0.6 is 0 Å². The Morgan fingerprint density at radius 3 is 2.67 bits per heavy atom. The van der Waals surface area contributed by atoms with Crippen LogP contribution in [-0.2, 0) is 6.54 Å². The van der Waals surface area contributed by atoms with Crippen LogP contribution < -0.4 is 10.1 Å². The zero-order chi connectivity index (χ0) is 13.0. The van der Waals surface area contributed by atoms with Crippen LogP contribution in [0.25, 0.3) is 0 Å². The third-order valence-electron chi connectivity index (χ3n) is 3.17. The molecule has 0 aromatic heterocycles. The van der Waals surface area contributed by atoms with Crippen LogP contribution in [0.4, 0.5) is 8.78 Å². The molecule has 0 spiro atoms. The summed E-state index contributed by atoms with van der Waals surface area (Å²) in [5.74, 6) is 0.548. The van der Waals surface area contributed by atoms with E-state index in [1.807, 2.05) is 0 Å². The van der Waals surface area contributed by atoms with E-state index in [4.69, 9.17) is 4.74 Å². The van der Waals surface area contributed by atoms with Crippen molar-refractivity contribution in [2.75, 3.05) is 33.3 Å². The number of hydrogen-bond donors (Lipinski definition) is 1. The first-order chi connectivity index (χ1) is 8.70. The maximum Gasteiger partial charge on any atom is 0.263 e. The molecule has 1 N–H and O–H groups in total. The largest absolute Gasteiger partial charge is 0.496 e. The van der Waals surface area contributed by atoms with Crippen molar-refractivity contribution in [3.63, 3.8) is 0 Å². The van der Waals surface area contributed by atoms with Gasteiger partial charge in [0.2, 0.25) is 0 Å². The first-order valence-electron chi connectivity index (χ1n) is 6.08. The van der Waals surface area contributed by atoms with Crippen molar-refractivity contribution in [2.45, 2.75) is 13.0 Å². The van der Waals surface area contributed by atoms with Crippen molar-refractivity contribution < 1.29 is 13.5 Å². The number of piperazine rings is 1. The predicted molar refractivity (Wildman–Crippen MR) is 66.1 cm³/mol. The molecule has 0 unspecified atom stereocenters. The number of nitrogens with one attached hydrogen (secondary N) is 1. The Hall–Kier alpha value is -1.20. The van der Waals surface area contributed by atoms with Crippen LogP contribution in [0.15, 0.2) is 18.2 Å². The van der Waals surface area contributed by atoms with Crippen LogP contribution in [0.3, 0.4) is 0 Å². The summed E-state index contributed by atoms with van der Waals surface area (Å²) >= 11 is 0. The fraction of sp³-hybridized carbons (Fsp3) is 0.538. The Kier molecular flexibility index (Phi) is 4.49. The predicted octanol–water partition coefficient (Wildman–Crippen LogP) is 2.04. The van der Waals surface area contributed by atoms with E-state index in [2.05, 4.69) is 10.2 Å². The molecule has 1 heterocycles. The topological polar surface area (TPSA) is 24.5 Å². The highest BCUT2D eigenvalue weighted by Crippen LogP contribution is 2.27. The minimum absolute atomic E-state index is 0.0101. The Bertz CT molecular complexity index is 393. The van der Waals surface area contributed by atoms with E-state index in [1.54, 1.807) is 6.07 Å². The average molecular weight is 256 g/mol. The summed E-state index contributed by atoms with van der Waals surface area (Å²) in [5, 5.41) is 3.28. The minimum atomic E-state index is -2.45. The van der Waals surface area contributed by atoms with Gasteiger partial charge in [-0.2, -0.15) is 0 Å². The van der Waals surface area contributed by atoms with Gasteiger partial charge in [-0.1, -0.05) is 12.1 Å². The van der Waals surface area contributed by atoms with Crippen molar-refractivity contribution in [1.29, 1.82) is 0 Å². The number of rotatable bonds is 4. The van der Waals surface area contributed by atoms with Crippen molar-refractivity contribution in [1.82, 2.24) is 10.2 Å². The molecule has 0 aliphatic carbocycles. The lowest BCUT2D eigenvalue weighted by Crippen LogP contribution is -2.42. The molecule has 1 saturated heterocycles. The summed E-state index contributed by atoms with van der Waals surface area (Å²) in [7, 11) is 1.52. The van der Waals surface area contributed by atoms with Gasteiger partial charge in [-0.05, 0) is 6.07 Å². The number of nitrogens with zero attached hydrogens (tertiary/aromatic N) is 1. The van der Waals surface area contributed by atoms with E-state index < -0.39 is 6.43 Å². The summed E-state index contributed by atoms with van der Waals surface area (Å²) in [5.41, 5.74) is 0.972. The number of benzene rings is 1. The number of hydrogen-bond acceptors (Lipinski definition) is 3. The van der Waals surface area contributed by atoms with E-state index >= 15 is 0 Å². The van der Waals surface area contributed by atoms with E-state index in [0.29, 0.717) is 5.75 Å². The summed E-state index contributed by atoms with van der Waals surface area (Å²) in [6.07, 6.45) is -2.45. The summed E-state index contributed by atoms with van der Waals surface area (Å²) in [4.78, 5) is 2.29. The fourth-order valence-electron chi connectivity index (χ4n) is 2.14. The van der Waals surface area contributed by atoms with Crippen LogP contribution in [0.2, 0.25) is 0 Å². The van der Waals surface area contributed by atoms with E-state index in [1.165, 1.54) is 19.2 Å². The highest BCUT2D eigenvalue weighted by Gasteiger charge is 2.15. The minimum Gasteiger partial charge on any atom is -0.496 e. The Morgan fingerprint density at radius 2 is 2.06 bits per heavy atom. The van der Waals surface area contributed by atoms with Gasteiger partial charge >= 0.3 is 0 Å². The van der Waals surface area contributed by atoms with E-state index in [0.717, 1.165) is 38.3 Å². The van der Waals surface area contributed by atoms with Crippen molar-refractivity contribution in [3.05, 3.63) is 29.3 Å². The normalized spacial score (nSPS) is 17.1. The first-order valence-corrected chi connectivity index (χ1v) is 6.08. The Morgan fingerprint density at radius 1 is 1.33 bits per heavy atom.